The lowest BCUT2D eigenvalue weighted by molar-refractivity contribution is -0.251. The van der Waals surface area contributed by atoms with Crippen molar-refractivity contribution in [3.8, 4) is 0 Å². The molecule has 0 aromatic heterocycles. The fraction of sp³-hybridized carbons (Fsp3) is 0.786. The summed E-state index contributed by atoms with van der Waals surface area (Å²) in [7, 11) is 0. The summed E-state index contributed by atoms with van der Waals surface area (Å²) < 4.78 is 18.8. The fourth-order valence-corrected chi connectivity index (χ4v) is 9.61. The minimum atomic E-state index is -0.323. The lowest BCUT2D eigenvalue weighted by Crippen LogP contribution is -2.64. The molecule has 7 atom stereocenters. The Morgan fingerprint density at radius 1 is 0.969 bits per heavy atom. The highest BCUT2D eigenvalue weighted by molar-refractivity contribution is 5.20. The van der Waals surface area contributed by atoms with E-state index in [2.05, 4.69) is 44.2 Å². The summed E-state index contributed by atoms with van der Waals surface area (Å²) >= 11 is 0. The molecule has 0 unspecified atom stereocenters. The van der Waals surface area contributed by atoms with Crippen molar-refractivity contribution in [2.75, 3.05) is 19.8 Å². The van der Waals surface area contributed by atoms with E-state index in [1.807, 2.05) is 0 Å². The molecular weight excluding hydrogens is 400 g/mol. The van der Waals surface area contributed by atoms with Gasteiger partial charge in [-0.25, -0.2) is 0 Å². The standard InChI is InChI=1S/C28H40O4/c1-25(19-30-18-20-7-4-3-5-8-20)9-6-10-26(2)24(25)23(29)16-21-15-22-17-27(21,26)11-12-28(22)31-13-14-32-28/h3-5,7-8,21-24,29H,6,9-19H2,1-2H3/t21-,22-,23-,24+,25+,26+,27+/m1/s1. The van der Waals surface area contributed by atoms with Crippen LogP contribution in [0.25, 0.3) is 0 Å². The molecule has 176 valence electrons. The van der Waals surface area contributed by atoms with Crippen molar-refractivity contribution in [2.24, 2.45) is 34.0 Å². The van der Waals surface area contributed by atoms with Crippen LogP contribution in [-0.2, 0) is 20.8 Å². The van der Waals surface area contributed by atoms with Gasteiger partial charge in [0.2, 0.25) is 0 Å². The van der Waals surface area contributed by atoms with Crippen molar-refractivity contribution in [3.63, 3.8) is 0 Å². The van der Waals surface area contributed by atoms with Crippen LogP contribution in [0.5, 0.6) is 0 Å². The van der Waals surface area contributed by atoms with Gasteiger partial charge < -0.3 is 19.3 Å². The van der Waals surface area contributed by atoms with Crippen LogP contribution in [-0.4, -0.2) is 36.8 Å². The largest absolute Gasteiger partial charge is 0.393 e. The lowest BCUT2D eigenvalue weighted by atomic mass is 9.39. The minimum Gasteiger partial charge on any atom is -0.393 e. The highest BCUT2D eigenvalue weighted by atomic mass is 16.7. The number of hydrogen-bond acceptors (Lipinski definition) is 4. The van der Waals surface area contributed by atoms with E-state index < -0.39 is 0 Å². The van der Waals surface area contributed by atoms with Gasteiger partial charge in [0.25, 0.3) is 0 Å². The molecule has 4 aliphatic carbocycles. The Morgan fingerprint density at radius 3 is 2.53 bits per heavy atom. The number of aliphatic hydroxyl groups excluding tert-OH is 1. The molecule has 4 heteroatoms. The maximum Gasteiger partial charge on any atom is 0.171 e. The van der Waals surface area contributed by atoms with E-state index in [1.165, 1.54) is 37.7 Å². The summed E-state index contributed by atoms with van der Waals surface area (Å²) in [6, 6.07) is 10.5. The van der Waals surface area contributed by atoms with Gasteiger partial charge in [0.15, 0.2) is 5.79 Å². The highest BCUT2D eigenvalue weighted by Gasteiger charge is 2.72. The van der Waals surface area contributed by atoms with E-state index >= 15 is 0 Å². The molecule has 1 N–H and O–H groups in total. The normalized spacial score (nSPS) is 46.7. The SMILES string of the molecule is C[C@@]1(COCc2ccccc2)CCC[C@@]2(C)[C@H]1[C@H](O)C[C@H]1C[C@@H]3C[C@@]12CCC31OCCO1. The second-order valence-corrected chi connectivity index (χ2v) is 12.2. The van der Waals surface area contributed by atoms with Gasteiger partial charge in [-0.15, -0.1) is 0 Å². The summed E-state index contributed by atoms with van der Waals surface area (Å²) in [6.07, 6.45) is 8.95. The Balaban J connectivity index is 1.26. The van der Waals surface area contributed by atoms with E-state index in [0.717, 1.165) is 39.1 Å². The van der Waals surface area contributed by atoms with E-state index in [0.29, 0.717) is 29.8 Å². The molecule has 1 saturated heterocycles. The number of hydrogen-bond donors (Lipinski definition) is 1. The number of fused-ring (bicyclic) bond motifs is 3. The Kier molecular flexibility index (Phi) is 5.08. The zero-order valence-corrected chi connectivity index (χ0v) is 19.9. The van der Waals surface area contributed by atoms with E-state index in [1.54, 1.807) is 0 Å². The molecule has 0 radical (unpaired) electrons. The zero-order valence-electron chi connectivity index (χ0n) is 19.9. The maximum atomic E-state index is 11.6. The van der Waals surface area contributed by atoms with Crippen LogP contribution in [0.1, 0.15) is 70.8 Å². The minimum absolute atomic E-state index is 0.0223. The van der Waals surface area contributed by atoms with Crippen molar-refractivity contribution in [1.29, 1.82) is 0 Å². The van der Waals surface area contributed by atoms with Crippen LogP contribution in [0.15, 0.2) is 30.3 Å². The van der Waals surface area contributed by atoms with Crippen molar-refractivity contribution in [2.45, 2.75) is 83.7 Å². The molecule has 4 nitrogen and oxygen atoms in total. The molecule has 6 rings (SSSR count). The van der Waals surface area contributed by atoms with Crippen molar-refractivity contribution in [1.82, 2.24) is 0 Å². The summed E-state index contributed by atoms with van der Waals surface area (Å²) in [5, 5.41) is 11.6. The van der Waals surface area contributed by atoms with E-state index in [-0.39, 0.29) is 22.7 Å². The van der Waals surface area contributed by atoms with Gasteiger partial charge >= 0.3 is 0 Å². The molecule has 5 aliphatic rings. The first-order valence-corrected chi connectivity index (χ1v) is 13.0. The van der Waals surface area contributed by atoms with Crippen LogP contribution in [0, 0.1) is 34.0 Å². The topological polar surface area (TPSA) is 47.9 Å². The molecule has 32 heavy (non-hydrogen) atoms. The average Bonchev–Trinajstić information content (AvgIpc) is 3.36. The Hall–Kier alpha value is -0.940. The van der Waals surface area contributed by atoms with Gasteiger partial charge in [0.1, 0.15) is 0 Å². The summed E-state index contributed by atoms with van der Waals surface area (Å²) in [5.41, 5.74) is 1.73. The monoisotopic (exact) mass is 440 g/mol. The quantitative estimate of drug-likeness (QED) is 0.687. The van der Waals surface area contributed by atoms with E-state index in [4.69, 9.17) is 14.2 Å². The molecule has 1 heterocycles. The maximum absolute atomic E-state index is 11.6. The summed E-state index contributed by atoms with van der Waals surface area (Å²) in [5.74, 6) is 1.07. The first kappa shape index (κ1) is 21.6. The van der Waals surface area contributed by atoms with Crippen LogP contribution in [0.4, 0.5) is 0 Å². The third-order valence-electron chi connectivity index (χ3n) is 10.8. The molecular formula is C28H40O4. The molecule has 2 bridgehead atoms. The smallest absolute Gasteiger partial charge is 0.171 e. The number of benzene rings is 1. The predicted molar refractivity (Wildman–Crippen MR) is 123 cm³/mol. The first-order chi connectivity index (χ1) is 15.4. The third-order valence-corrected chi connectivity index (χ3v) is 10.8. The third kappa shape index (κ3) is 2.95. The average molecular weight is 441 g/mol. The molecule has 1 aliphatic heterocycles. The molecule has 1 aromatic carbocycles. The van der Waals surface area contributed by atoms with Gasteiger partial charge in [0, 0.05) is 12.3 Å². The Bertz CT molecular complexity index is 835. The number of rotatable bonds is 4. The second-order valence-electron chi connectivity index (χ2n) is 12.2. The second kappa shape index (κ2) is 7.53. The number of ether oxygens (including phenoxy) is 3. The van der Waals surface area contributed by atoms with Crippen LogP contribution in [0.3, 0.4) is 0 Å². The van der Waals surface area contributed by atoms with Crippen LogP contribution in [0.2, 0.25) is 0 Å². The molecule has 2 spiro atoms. The van der Waals surface area contributed by atoms with Crippen molar-refractivity contribution < 1.29 is 19.3 Å². The van der Waals surface area contributed by atoms with Crippen molar-refractivity contribution >= 4 is 0 Å². The lowest BCUT2D eigenvalue weighted by Gasteiger charge is -2.67. The predicted octanol–water partition coefficient (Wildman–Crippen LogP) is 5.33. The van der Waals surface area contributed by atoms with E-state index in [9.17, 15) is 5.11 Å². The molecule has 0 amide bonds. The summed E-state index contributed by atoms with van der Waals surface area (Å²) in [6.45, 7) is 7.82. The van der Waals surface area contributed by atoms with Crippen LogP contribution >= 0.6 is 0 Å². The fourth-order valence-electron chi connectivity index (χ4n) is 9.61. The zero-order chi connectivity index (χ0) is 22.0. The molecule has 1 aromatic rings. The Labute approximate surface area is 193 Å². The molecule has 5 fully saturated rings. The van der Waals surface area contributed by atoms with Gasteiger partial charge in [-0.2, -0.15) is 0 Å². The number of aliphatic hydroxyl groups is 1. The van der Waals surface area contributed by atoms with Crippen LogP contribution < -0.4 is 0 Å². The van der Waals surface area contributed by atoms with Crippen molar-refractivity contribution in [3.05, 3.63) is 35.9 Å². The van der Waals surface area contributed by atoms with Gasteiger partial charge in [-0.1, -0.05) is 50.6 Å². The van der Waals surface area contributed by atoms with Gasteiger partial charge in [-0.3, -0.25) is 0 Å². The van der Waals surface area contributed by atoms with Gasteiger partial charge in [0.05, 0.1) is 32.5 Å². The Morgan fingerprint density at radius 2 is 1.75 bits per heavy atom. The van der Waals surface area contributed by atoms with Gasteiger partial charge in [-0.05, 0) is 72.2 Å². The first-order valence-electron chi connectivity index (χ1n) is 13.0. The highest BCUT2D eigenvalue weighted by Crippen LogP contribution is 2.75. The molecule has 4 saturated carbocycles. The summed E-state index contributed by atoms with van der Waals surface area (Å²) in [4.78, 5) is 0.